The number of carbonyl (C=O) groups is 1. The van der Waals surface area contributed by atoms with E-state index in [9.17, 15) is 13.2 Å². The quantitative estimate of drug-likeness (QED) is 0.388. The molecule has 2 aromatic carbocycles. The van der Waals surface area contributed by atoms with E-state index in [4.69, 9.17) is 5.10 Å². The highest BCUT2D eigenvalue weighted by atomic mass is 32.2. The molecule has 9 heteroatoms. The van der Waals surface area contributed by atoms with E-state index in [1.54, 1.807) is 37.5 Å². The minimum Gasteiger partial charge on any atom is -0.308 e. The van der Waals surface area contributed by atoms with Gasteiger partial charge in [-0.25, -0.2) is 13.2 Å². The van der Waals surface area contributed by atoms with Crippen molar-refractivity contribution in [2.45, 2.75) is 25.3 Å². The number of rotatable bonds is 7. The Morgan fingerprint density at radius 2 is 1.62 bits per heavy atom. The normalized spacial score (nSPS) is 11.2. The van der Waals surface area contributed by atoms with E-state index >= 15 is 0 Å². The molecule has 0 bridgehead atoms. The van der Waals surface area contributed by atoms with Crippen LogP contribution in [0.4, 0.5) is 16.2 Å². The maximum Gasteiger partial charge on any atom is 0.323 e. The van der Waals surface area contributed by atoms with Gasteiger partial charge in [0.25, 0.3) is 0 Å². The zero-order valence-corrected chi connectivity index (χ0v) is 19.7. The van der Waals surface area contributed by atoms with E-state index in [2.05, 4.69) is 15.6 Å². The topological polar surface area (TPSA) is 106 Å². The Morgan fingerprint density at radius 1 is 0.912 bits per heavy atom. The predicted molar refractivity (Wildman–Crippen MR) is 133 cm³/mol. The lowest BCUT2D eigenvalue weighted by molar-refractivity contribution is 0.262. The summed E-state index contributed by atoms with van der Waals surface area (Å²) in [5.41, 5.74) is 4.77. The molecule has 34 heavy (non-hydrogen) atoms. The van der Waals surface area contributed by atoms with Crippen molar-refractivity contribution in [2.24, 2.45) is 0 Å². The van der Waals surface area contributed by atoms with E-state index in [1.165, 1.54) is 12.1 Å². The zero-order chi connectivity index (χ0) is 24.1. The number of anilines is 2. The number of nitrogens with one attached hydrogen (secondary N) is 2. The summed E-state index contributed by atoms with van der Waals surface area (Å²) >= 11 is 0. The fourth-order valence-electron chi connectivity index (χ4n) is 3.49. The number of aromatic nitrogens is 3. The van der Waals surface area contributed by atoms with Gasteiger partial charge in [0.2, 0.25) is 0 Å². The maximum atomic E-state index is 12.5. The number of aryl methyl sites for hydroxylation is 1. The second-order valence-electron chi connectivity index (χ2n) is 7.57. The molecule has 0 saturated heterocycles. The fourth-order valence-corrected chi connectivity index (χ4v) is 4.37. The molecular formula is C25H25N5O3S. The first kappa shape index (κ1) is 23.2. The van der Waals surface area contributed by atoms with Crippen molar-refractivity contribution < 1.29 is 13.2 Å². The van der Waals surface area contributed by atoms with Crippen molar-refractivity contribution in [3.63, 3.8) is 0 Å². The van der Waals surface area contributed by atoms with Crippen molar-refractivity contribution >= 4 is 27.2 Å². The van der Waals surface area contributed by atoms with E-state index in [0.29, 0.717) is 11.4 Å². The molecule has 8 nitrogen and oxygen atoms in total. The Bertz CT molecular complexity index is 1400. The van der Waals surface area contributed by atoms with Crippen LogP contribution < -0.4 is 10.6 Å². The maximum absolute atomic E-state index is 12.5. The largest absolute Gasteiger partial charge is 0.323 e. The van der Waals surface area contributed by atoms with Crippen molar-refractivity contribution in [3.05, 3.63) is 79.3 Å². The van der Waals surface area contributed by atoms with Crippen molar-refractivity contribution in [2.75, 3.05) is 16.4 Å². The van der Waals surface area contributed by atoms with Crippen LogP contribution in [0.25, 0.3) is 22.4 Å². The number of nitrogens with zero attached hydrogens (tertiary/aromatic N) is 3. The van der Waals surface area contributed by atoms with Crippen molar-refractivity contribution in [3.8, 4) is 22.4 Å². The average molecular weight is 476 g/mol. The molecule has 2 heterocycles. The van der Waals surface area contributed by atoms with Crippen LogP contribution in [0.1, 0.15) is 13.8 Å². The molecule has 0 saturated carbocycles. The SMILES string of the molecule is CCn1cc(-c2cccc(NC(=O)Nc3ccc(S(=O)(=O)CC)cc3)c2)c(-c2ccncc2)n1. The Balaban J connectivity index is 1.53. The standard InChI is InChI=1S/C25H25N5O3S/c1-3-30-17-23(24(29-30)18-12-14-26-15-13-18)19-6-5-7-21(16-19)28-25(31)27-20-8-10-22(11-9-20)34(32,33)4-2/h5-17H,3-4H2,1-2H3,(H2,27,28,31). The highest BCUT2D eigenvalue weighted by Gasteiger charge is 2.14. The number of hydrogen-bond acceptors (Lipinski definition) is 5. The first-order valence-corrected chi connectivity index (χ1v) is 12.5. The monoisotopic (exact) mass is 475 g/mol. The van der Waals surface area contributed by atoms with E-state index in [0.717, 1.165) is 28.9 Å². The minimum absolute atomic E-state index is 0.0244. The third-order valence-corrected chi connectivity index (χ3v) is 7.07. The highest BCUT2D eigenvalue weighted by Crippen LogP contribution is 2.32. The van der Waals surface area contributed by atoms with Gasteiger partial charge >= 0.3 is 6.03 Å². The summed E-state index contributed by atoms with van der Waals surface area (Å²) in [6.45, 7) is 4.35. The summed E-state index contributed by atoms with van der Waals surface area (Å²) in [7, 11) is -3.29. The molecule has 0 aliphatic carbocycles. The summed E-state index contributed by atoms with van der Waals surface area (Å²) in [6.07, 6.45) is 5.45. The number of benzene rings is 2. The molecule has 0 unspecified atom stereocenters. The van der Waals surface area contributed by atoms with Gasteiger partial charge in [0, 0.05) is 47.6 Å². The summed E-state index contributed by atoms with van der Waals surface area (Å²) in [6, 6.07) is 17.0. The van der Waals surface area contributed by atoms with Crippen molar-refractivity contribution in [1.29, 1.82) is 0 Å². The Morgan fingerprint density at radius 3 is 2.29 bits per heavy atom. The number of sulfone groups is 1. The fraction of sp³-hybridized carbons (Fsp3) is 0.160. The van der Waals surface area contributed by atoms with Crippen LogP contribution in [0.3, 0.4) is 0 Å². The molecule has 0 atom stereocenters. The van der Waals surface area contributed by atoms with Gasteiger partial charge < -0.3 is 10.6 Å². The van der Waals surface area contributed by atoms with Crippen LogP contribution in [0, 0.1) is 0 Å². The minimum atomic E-state index is -3.29. The van der Waals surface area contributed by atoms with Crippen LogP contribution in [0.2, 0.25) is 0 Å². The highest BCUT2D eigenvalue weighted by molar-refractivity contribution is 7.91. The van der Waals surface area contributed by atoms with Crippen LogP contribution >= 0.6 is 0 Å². The number of hydrogen-bond donors (Lipinski definition) is 2. The van der Waals surface area contributed by atoms with Gasteiger partial charge in [-0.2, -0.15) is 5.10 Å². The predicted octanol–water partition coefficient (Wildman–Crippen LogP) is 5.07. The number of amides is 2. The van der Waals surface area contributed by atoms with Crippen LogP contribution in [-0.4, -0.2) is 35.0 Å². The van der Waals surface area contributed by atoms with Gasteiger partial charge in [0.05, 0.1) is 10.6 Å². The Hall–Kier alpha value is -3.98. The van der Waals surface area contributed by atoms with Crippen LogP contribution in [0.5, 0.6) is 0 Å². The van der Waals surface area contributed by atoms with Gasteiger partial charge in [-0.15, -0.1) is 0 Å². The first-order valence-electron chi connectivity index (χ1n) is 10.9. The summed E-state index contributed by atoms with van der Waals surface area (Å²) in [5.74, 6) is 0.0244. The second kappa shape index (κ2) is 9.88. The van der Waals surface area contributed by atoms with Crippen LogP contribution in [0.15, 0.2) is 84.1 Å². The molecular weight excluding hydrogens is 450 g/mol. The third-order valence-electron chi connectivity index (χ3n) is 5.32. The molecule has 4 rings (SSSR count). The third kappa shape index (κ3) is 5.15. The molecule has 0 spiro atoms. The molecule has 2 aromatic heterocycles. The molecule has 4 aromatic rings. The summed E-state index contributed by atoms with van der Waals surface area (Å²) in [5, 5.41) is 10.3. The first-order chi connectivity index (χ1) is 16.4. The molecule has 2 N–H and O–H groups in total. The molecule has 0 aliphatic rings. The van der Waals surface area contributed by atoms with E-state index < -0.39 is 15.9 Å². The van der Waals surface area contributed by atoms with Gasteiger partial charge in [-0.3, -0.25) is 9.67 Å². The molecule has 0 aliphatic heterocycles. The Kier molecular flexibility index (Phi) is 6.74. The molecule has 0 radical (unpaired) electrons. The lowest BCUT2D eigenvalue weighted by Crippen LogP contribution is -2.19. The van der Waals surface area contributed by atoms with Gasteiger partial charge in [0.1, 0.15) is 5.69 Å². The van der Waals surface area contributed by atoms with Gasteiger partial charge in [-0.1, -0.05) is 19.1 Å². The smallest absolute Gasteiger partial charge is 0.308 e. The van der Waals surface area contributed by atoms with Gasteiger partial charge in [0.15, 0.2) is 9.84 Å². The average Bonchev–Trinajstić information content (AvgIpc) is 3.30. The summed E-state index contributed by atoms with van der Waals surface area (Å²) < 4.78 is 25.8. The lowest BCUT2D eigenvalue weighted by Gasteiger charge is -2.10. The number of carbonyl (C=O) groups excluding carboxylic acids is 1. The lowest BCUT2D eigenvalue weighted by atomic mass is 10.0. The zero-order valence-electron chi connectivity index (χ0n) is 18.9. The second-order valence-corrected chi connectivity index (χ2v) is 9.85. The number of pyridine rings is 1. The van der Waals surface area contributed by atoms with E-state index in [-0.39, 0.29) is 10.6 Å². The van der Waals surface area contributed by atoms with E-state index in [1.807, 2.05) is 48.1 Å². The number of urea groups is 1. The van der Waals surface area contributed by atoms with Gasteiger partial charge in [-0.05, 0) is 61.0 Å². The Labute approximate surface area is 198 Å². The molecule has 174 valence electrons. The van der Waals surface area contributed by atoms with Crippen molar-refractivity contribution in [1.82, 2.24) is 14.8 Å². The summed E-state index contributed by atoms with van der Waals surface area (Å²) in [4.78, 5) is 16.9. The molecule has 2 amide bonds. The van der Waals surface area contributed by atoms with Crippen LogP contribution in [-0.2, 0) is 16.4 Å². The molecule has 0 fully saturated rings.